The van der Waals surface area contributed by atoms with Crippen LogP contribution in [0.4, 0.5) is 0 Å². The summed E-state index contributed by atoms with van der Waals surface area (Å²) in [7, 11) is 0. The molecule has 0 radical (unpaired) electrons. The normalized spacial score (nSPS) is 14.5. The Morgan fingerprint density at radius 1 is 1.30 bits per heavy atom. The molecule has 1 aliphatic heterocycles. The number of aromatic nitrogens is 3. The Bertz CT molecular complexity index is 795. The Labute approximate surface area is 136 Å². The number of rotatable bonds is 4. The first kappa shape index (κ1) is 14.0. The van der Waals surface area contributed by atoms with Gasteiger partial charge in [-0.1, -0.05) is 12.1 Å². The molecule has 0 spiro atoms. The first-order chi connectivity index (χ1) is 11.3. The first-order valence-corrected chi connectivity index (χ1v) is 8.14. The van der Waals surface area contributed by atoms with Gasteiger partial charge in [-0.25, -0.2) is 4.98 Å². The Kier molecular flexibility index (Phi) is 3.55. The minimum Gasteiger partial charge on any atom is -0.471 e. The van der Waals surface area contributed by atoms with Crippen molar-refractivity contribution in [2.45, 2.75) is 6.10 Å². The van der Waals surface area contributed by atoms with Crippen LogP contribution >= 0.6 is 11.3 Å². The highest BCUT2D eigenvalue weighted by Gasteiger charge is 2.34. The molecule has 1 amide bonds. The highest BCUT2D eigenvalue weighted by Crippen LogP contribution is 2.24. The van der Waals surface area contributed by atoms with E-state index in [1.807, 2.05) is 35.7 Å². The van der Waals surface area contributed by atoms with Crippen molar-refractivity contribution in [3.05, 3.63) is 53.7 Å². The van der Waals surface area contributed by atoms with Gasteiger partial charge in [0.25, 0.3) is 5.91 Å². The van der Waals surface area contributed by atoms with Crippen molar-refractivity contribution in [1.29, 1.82) is 0 Å². The minimum absolute atomic E-state index is 0.00967. The highest BCUT2D eigenvalue weighted by atomic mass is 32.1. The maximum Gasteiger partial charge on any atom is 0.274 e. The molecule has 0 bridgehead atoms. The van der Waals surface area contributed by atoms with Gasteiger partial charge in [-0.15, -0.1) is 11.3 Å². The smallest absolute Gasteiger partial charge is 0.274 e. The van der Waals surface area contributed by atoms with Crippen molar-refractivity contribution in [2.24, 2.45) is 0 Å². The third-order valence-electron chi connectivity index (χ3n) is 3.64. The molecule has 0 aromatic carbocycles. The van der Waals surface area contributed by atoms with E-state index in [1.165, 1.54) is 0 Å². The Balaban J connectivity index is 1.36. The number of aromatic amines is 1. The predicted molar refractivity (Wildman–Crippen MR) is 86.5 cm³/mol. The van der Waals surface area contributed by atoms with Gasteiger partial charge in [0.1, 0.15) is 6.10 Å². The summed E-state index contributed by atoms with van der Waals surface area (Å²) in [5, 5.41) is 9.03. The van der Waals surface area contributed by atoms with E-state index in [-0.39, 0.29) is 12.0 Å². The fourth-order valence-corrected chi connectivity index (χ4v) is 3.11. The average molecular weight is 326 g/mol. The van der Waals surface area contributed by atoms with Crippen LogP contribution in [-0.4, -0.2) is 45.2 Å². The lowest BCUT2D eigenvalue weighted by Crippen LogP contribution is -2.56. The molecule has 4 rings (SSSR count). The van der Waals surface area contributed by atoms with E-state index in [9.17, 15) is 4.79 Å². The first-order valence-electron chi connectivity index (χ1n) is 7.26. The number of ether oxygens (including phenoxy) is 1. The summed E-state index contributed by atoms with van der Waals surface area (Å²) in [6.45, 7) is 1.10. The molecular weight excluding hydrogens is 312 g/mol. The van der Waals surface area contributed by atoms with Crippen molar-refractivity contribution in [3.63, 3.8) is 0 Å². The molecule has 23 heavy (non-hydrogen) atoms. The predicted octanol–water partition coefficient (Wildman–Crippen LogP) is 2.44. The number of amides is 1. The van der Waals surface area contributed by atoms with E-state index in [0.29, 0.717) is 24.7 Å². The SMILES string of the molecule is O=C(c1cc(-c2cccs2)[nH]n1)N1CC(Oc2ccccn2)C1. The number of carbonyl (C=O) groups excluding carboxylic acids is 1. The van der Waals surface area contributed by atoms with Crippen LogP contribution in [0.15, 0.2) is 48.0 Å². The molecule has 1 fully saturated rings. The van der Waals surface area contributed by atoms with E-state index in [1.54, 1.807) is 28.5 Å². The standard InChI is InChI=1S/C16H14N4O2S/c21-16(13-8-12(18-19-13)14-4-3-7-23-14)20-9-11(10-20)22-15-5-1-2-6-17-15/h1-8,11H,9-10H2,(H,18,19). The second-order valence-electron chi connectivity index (χ2n) is 5.26. The van der Waals surface area contributed by atoms with Crippen LogP contribution in [0.25, 0.3) is 10.6 Å². The lowest BCUT2D eigenvalue weighted by Gasteiger charge is -2.38. The maximum atomic E-state index is 12.4. The van der Waals surface area contributed by atoms with Gasteiger partial charge >= 0.3 is 0 Å². The molecule has 1 saturated heterocycles. The number of carbonyl (C=O) groups is 1. The number of nitrogens with zero attached hydrogens (tertiary/aromatic N) is 3. The van der Waals surface area contributed by atoms with E-state index in [2.05, 4.69) is 15.2 Å². The van der Waals surface area contributed by atoms with Crippen molar-refractivity contribution < 1.29 is 9.53 Å². The van der Waals surface area contributed by atoms with Crippen LogP contribution in [0.5, 0.6) is 5.88 Å². The number of nitrogens with one attached hydrogen (secondary N) is 1. The number of pyridine rings is 1. The van der Waals surface area contributed by atoms with Crippen LogP contribution in [-0.2, 0) is 0 Å². The zero-order chi connectivity index (χ0) is 15.6. The van der Waals surface area contributed by atoms with Crippen LogP contribution < -0.4 is 4.74 Å². The minimum atomic E-state index is -0.0788. The lowest BCUT2D eigenvalue weighted by atomic mass is 10.1. The van der Waals surface area contributed by atoms with E-state index in [4.69, 9.17) is 4.74 Å². The molecule has 4 heterocycles. The molecular formula is C16H14N4O2S. The van der Waals surface area contributed by atoms with Crippen LogP contribution in [0.3, 0.4) is 0 Å². The summed E-state index contributed by atoms with van der Waals surface area (Å²) in [4.78, 5) is 19.3. The molecule has 1 N–H and O–H groups in total. The van der Waals surface area contributed by atoms with Gasteiger partial charge in [-0.2, -0.15) is 5.10 Å². The van der Waals surface area contributed by atoms with Gasteiger partial charge in [0, 0.05) is 12.3 Å². The highest BCUT2D eigenvalue weighted by molar-refractivity contribution is 7.13. The summed E-state index contributed by atoms with van der Waals surface area (Å²) in [6.07, 6.45) is 1.68. The van der Waals surface area contributed by atoms with Crippen LogP contribution in [0.2, 0.25) is 0 Å². The monoisotopic (exact) mass is 326 g/mol. The second kappa shape index (κ2) is 5.85. The summed E-state index contributed by atoms with van der Waals surface area (Å²) in [6, 6.07) is 11.3. The zero-order valence-corrected chi connectivity index (χ0v) is 13.0. The lowest BCUT2D eigenvalue weighted by molar-refractivity contribution is 0.0156. The summed E-state index contributed by atoms with van der Waals surface area (Å²) >= 11 is 1.61. The fraction of sp³-hybridized carbons (Fsp3) is 0.188. The molecule has 0 unspecified atom stereocenters. The van der Waals surface area contributed by atoms with Gasteiger partial charge in [-0.3, -0.25) is 9.89 Å². The zero-order valence-electron chi connectivity index (χ0n) is 12.2. The molecule has 3 aromatic heterocycles. The van der Waals surface area contributed by atoms with Gasteiger partial charge in [0.15, 0.2) is 5.69 Å². The molecule has 0 atom stereocenters. The summed E-state index contributed by atoms with van der Waals surface area (Å²) in [5.41, 5.74) is 1.30. The topological polar surface area (TPSA) is 71.1 Å². The number of hydrogen-bond acceptors (Lipinski definition) is 5. The van der Waals surface area contributed by atoms with Crippen molar-refractivity contribution in [2.75, 3.05) is 13.1 Å². The van der Waals surface area contributed by atoms with E-state index in [0.717, 1.165) is 10.6 Å². The molecule has 7 heteroatoms. The summed E-state index contributed by atoms with van der Waals surface area (Å²) < 4.78 is 5.70. The Morgan fingerprint density at radius 3 is 2.96 bits per heavy atom. The van der Waals surface area contributed by atoms with E-state index < -0.39 is 0 Å². The third kappa shape index (κ3) is 2.83. The van der Waals surface area contributed by atoms with Crippen LogP contribution in [0.1, 0.15) is 10.5 Å². The third-order valence-corrected chi connectivity index (χ3v) is 4.55. The van der Waals surface area contributed by atoms with Crippen molar-refractivity contribution in [1.82, 2.24) is 20.1 Å². The number of hydrogen-bond donors (Lipinski definition) is 1. The van der Waals surface area contributed by atoms with Gasteiger partial charge < -0.3 is 9.64 Å². The van der Waals surface area contributed by atoms with Crippen molar-refractivity contribution >= 4 is 17.2 Å². The molecule has 3 aromatic rings. The Hall–Kier alpha value is -2.67. The molecule has 0 saturated carbocycles. The summed E-state index contributed by atoms with van der Waals surface area (Å²) in [5.74, 6) is 0.509. The number of likely N-dealkylation sites (tertiary alicyclic amines) is 1. The van der Waals surface area contributed by atoms with Crippen LogP contribution in [0, 0.1) is 0 Å². The van der Waals surface area contributed by atoms with Gasteiger partial charge in [-0.05, 0) is 23.6 Å². The second-order valence-corrected chi connectivity index (χ2v) is 6.21. The average Bonchev–Trinajstić information content (AvgIpc) is 3.21. The van der Waals surface area contributed by atoms with Crippen molar-refractivity contribution in [3.8, 4) is 16.5 Å². The molecule has 1 aliphatic rings. The largest absolute Gasteiger partial charge is 0.471 e. The number of thiophene rings is 1. The quantitative estimate of drug-likeness (QED) is 0.799. The Morgan fingerprint density at radius 2 is 2.22 bits per heavy atom. The van der Waals surface area contributed by atoms with Gasteiger partial charge in [0.05, 0.1) is 23.7 Å². The molecule has 0 aliphatic carbocycles. The maximum absolute atomic E-state index is 12.4. The fourth-order valence-electron chi connectivity index (χ4n) is 2.42. The van der Waals surface area contributed by atoms with Gasteiger partial charge in [0.2, 0.25) is 5.88 Å². The van der Waals surface area contributed by atoms with E-state index >= 15 is 0 Å². The molecule has 116 valence electrons. The molecule has 6 nitrogen and oxygen atoms in total. The number of H-pyrrole nitrogens is 1.